The van der Waals surface area contributed by atoms with Crippen molar-refractivity contribution in [2.45, 2.75) is 13.8 Å². The molecule has 0 aliphatic rings. The van der Waals surface area contributed by atoms with Gasteiger partial charge in [-0.1, -0.05) is 19.9 Å². The average molecular weight is 221 g/mol. The number of benzene rings is 1. The third-order valence-electron chi connectivity index (χ3n) is 2.30. The van der Waals surface area contributed by atoms with Crippen molar-refractivity contribution in [2.24, 2.45) is 5.92 Å². The number of para-hydroxylation sites is 1. The quantitative estimate of drug-likeness (QED) is 0.480. The molecule has 0 amide bonds. The van der Waals surface area contributed by atoms with Gasteiger partial charge in [0, 0.05) is 11.5 Å². The number of methoxy groups -OCH3 is 1. The van der Waals surface area contributed by atoms with E-state index in [1.54, 1.807) is 26.0 Å². The van der Waals surface area contributed by atoms with Crippen LogP contribution < -0.4 is 5.73 Å². The maximum atomic E-state index is 11.8. The first-order chi connectivity index (χ1) is 7.49. The Morgan fingerprint density at radius 3 is 2.31 bits per heavy atom. The summed E-state index contributed by atoms with van der Waals surface area (Å²) in [5.74, 6) is -0.769. The van der Waals surface area contributed by atoms with E-state index in [-0.39, 0.29) is 23.0 Å². The number of hydrogen-bond donors (Lipinski definition) is 1. The summed E-state index contributed by atoms with van der Waals surface area (Å²) in [6, 6.07) is 4.78. The summed E-state index contributed by atoms with van der Waals surface area (Å²) in [5, 5.41) is 0. The highest BCUT2D eigenvalue weighted by Gasteiger charge is 2.18. The number of anilines is 1. The van der Waals surface area contributed by atoms with Crippen molar-refractivity contribution in [1.29, 1.82) is 0 Å². The third kappa shape index (κ3) is 2.21. The zero-order valence-electron chi connectivity index (χ0n) is 9.61. The fourth-order valence-electron chi connectivity index (χ4n) is 1.38. The Kier molecular flexibility index (Phi) is 3.66. The van der Waals surface area contributed by atoms with Gasteiger partial charge >= 0.3 is 5.97 Å². The summed E-state index contributed by atoms with van der Waals surface area (Å²) >= 11 is 0. The van der Waals surface area contributed by atoms with Gasteiger partial charge in [-0.15, -0.1) is 0 Å². The molecule has 0 aliphatic heterocycles. The van der Waals surface area contributed by atoms with Crippen molar-refractivity contribution < 1.29 is 14.3 Å². The minimum absolute atomic E-state index is 0.0803. The molecule has 0 aliphatic carbocycles. The highest BCUT2D eigenvalue weighted by atomic mass is 16.5. The number of carbonyl (C=O) groups excluding carboxylic acids is 2. The topological polar surface area (TPSA) is 69.4 Å². The van der Waals surface area contributed by atoms with E-state index in [0.717, 1.165) is 0 Å². The Morgan fingerprint density at radius 1 is 1.25 bits per heavy atom. The van der Waals surface area contributed by atoms with E-state index >= 15 is 0 Å². The van der Waals surface area contributed by atoms with Gasteiger partial charge in [-0.2, -0.15) is 0 Å². The SMILES string of the molecule is COC(=O)c1cccc(C(=O)C(C)C)c1N. The molecule has 1 aromatic carbocycles. The summed E-state index contributed by atoms with van der Waals surface area (Å²) < 4.78 is 4.58. The van der Waals surface area contributed by atoms with E-state index < -0.39 is 5.97 Å². The zero-order valence-corrected chi connectivity index (χ0v) is 9.61. The van der Waals surface area contributed by atoms with Crippen LogP contribution in [0.1, 0.15) is 34.6 Å². The van der Waals surface area contributed by atoms with Gasteiger partial charge in [0.2, 0.25) is 0 Å². The monoisotopic (exact) mass is 221 g/mol. The number of esters is 1. The number of hydrogen-bond acceptors (Lipinski definition) is 4. The molecule has 0 bridgehead atoms. The van der Waals surface area contributed by atoms with E-state index in [4.69, 9.17) is 5.73 Å². The first-order valence-corrected chi connectivity index (χ1v) is 5.00. The van der Waals surface area contributed by atoms with Crippen LogP contribution in [0, 0.1) is 5.92 Å². The molecule has 1 rings (SSSR count). The highest BCUT2D eigenvalue weighted by molar-refractivity contribution is 6.07. The molecule has 4 heteroatoms. The molecule has 0 saturated carbocycles. The summed E-state index contributed by atoms with van der Waals surface area (Å²) in [4.78, 5) is 23.2. The van der Waals surface area contributed by atoms with Crippen molar-refractivity contribution in [3.8, 4) is 0 Å². The average Bonchev–Trinajstić information content (AvgIpc) is 2.27. The number of rotatable bonds is 3. The molecule has 0 aromatic heterocycles. The van der Waals surface area contributed by atoms with E-state index in [1.807, 2.05) is 0 Å². The summed E-state index contributed by atoms with van der Waals surface area (Å²) in [5.41, 5.74) is 6.57. The van der Waals surface area contributed by atoms with E-state index in [1.165, 1.54) is 13.2 Å². The second-order valence-corrected chi connectivity index (χ2v) is 3.78. The molecule has 0 saturated heterocycles. The van der Waals surface area contributed by atoms with E-state index in [9.17, 15) is 9.59 Å². The smallest absolute Gasteiger partial charge is 0.339 e. The first kappa shape index (κ1) is 12.2. The molecule has 0 fully saturated rings. The fraction of sp³-hybridized carbons (Fsp3) is 0.333. The lowest BCUT2D eigenvalue weighted by Crippen LogP contribution is -2.14. The van der Waals surface area contributed by atoms with Crippen LogP contribution in [0.4, 0.5) is 5.69 Å². The number of carbonyl (C=O) groups is 2. The van der Waals surface area contributed by atoms with Gasteiger partial charge in [-0.05, 0) is 12.1 Å². The van der Waals surface area contributed by atoms with Gasteiger partial charge in [0.05, 0.1) is 18.4 Å². The number of nitrogens with two attached hydrogens (primary N) is 1. The molecule has 1 aromatic rings. The Bertz CT molecular complexity index is 424. The lowest BCUT2D eigenvalue weighted by Gasteiger charge is -2.10. The normalized spacial score (nSPS) is 10.2. The van der Waals surface area contributed by atoms with Crippen LogP contribution in [0.2, 0.25) is 0 Å². The lowest BCUT2D eigenvalue weighted by atomic mass is 9.97. The minimum Gasteiger partial charge on any atom is -0.465 e. The molecule has 0 unspecified atom stereocenters. The van der Waals surface area contributed by atoms with Crippen molar-refractivity contribution in [1.82, 2.24) is 0 Å². The van der Waals surface area contributed by atoms with Crippen LogP contribution in [-0.4, -0.2) is 18.9 Å². The van der Waals surface area contributed by atoms with Crippen molar-refractivity contribution in [3.05, 3.63) is 29.3 Å². The Labute approximate surface area is 94.4 Å². The molecule has 2 N–H and O–H groups in total. The van der Waals surface area contributed by atoms with Crippen LogP contribution in [0.5, 0.6) is 0 Å². The van der Waals surface area contributed by atoms with Gasteiger partial charge in [0.1, 0.15) is 0 Å². The minimum atomic E-state index is -0.532. The number of ether oxygens (including phenoxy) is 1. The second-order valence-electron chi connectivity index (χ2n) is 3.78. The predicted octanol–water partition coefficient (Wildman–Crippen LogP) is 1.89. The van der Waals surface area contributed by atoms with Crippen molar-refractivity contribution in [3.63, 3.8) is 0 Å². The zero-order chi connectivity index (χ0) is 12.3. The van der Waals surface area contributed by atoms with Crippen molar-refractivity contribution >= 4 is 17.4 Å². The Morgan fingerprint density at radius 2 is 1.81 bits per heavy atom. The maximum Gasteiger partial charge on any atom is 0.339 e. The molecule has 0 radical (unpaired) electrons. The van der Waals surface area contributed by atoms with Gasteiger partial charge in [0.25, 0.3) is 0 Å². The van der Waals surface area contributed by atoms with E-state index in [2.05, 4.69) is 4.74 Å². The summed E-state index contributed by atoms with van der Waals surface area (Å²) in [7, 11) is 1.28. The molecule has 0 atom stereocenters. The highest BCUT2D eigenvalue weighted by Crippen LogP contribution is 2.21. The van der Waals surface area contributed by atoms with Gasteiger partial charge in [-0.3, -0.25) is 4.79 Å². The van der Waals surface area contributed by atoms with Gasteiger partial charge in [-0.25, -0.2) is 4.79 Å². The molecule has 4 nitrogen and oxygen atoms in total. The molecule has 0 spiro atoms. The van der Waals surface area contributed by atoms with Crippen LogP contribution in [-0.2, 0) is 4.74 Å². The number of nitrogen functional groups attached to an aromatic ring is 1. The summed E-state index contributed by atoms with van der Waals surface area (Å²) in [6.45, 7) is 3.57. The summed E-state index contributed by atoms with van der Waals surface area (Å²) in [6.07, 6.45) is 0. The van der Waals surface area contributed by atoms with Crippen LogP contribution in [0.25, 0.3) is 0 Å². The molecule has 16 heavy (non-hydrogen) atoms. The predicted molar refractivity (Wildman–Crippen MR) is 61.4 cm³/mol. The Balaban J connectivity index is 3.24. The van der Waals surface area contributed by atoms with Gasteiger partial charge in [0.15, 0.2) is 5.78 Å². The van der Waals surface area contributed by atoms with Crippen molar-refractivity contribution in [2.75, 3.05) is 12.8 Å². The van der Waals surface area contributed by atoms with Crippen LogP contribution in [0.15, 0.2) is 18.2 Å². The lowest BCUT2D eigenvalue weighted by molar-refractivity contribution is 0.0602. The van der Waals surface area contributed by atoms with E-state index in [0.29, 0.717) is 5.56 Å². The standard InChI is InChI=1S/C12H15NO3/c1-7(2)11(14)8-5-4-6-9(10(8)13)12(15)16-3/h4-7H,13H2,1-3H3. The Hall–Kier alpha value is -1.84. The molecular weight excluding hydrogens is 206 g/mol. The van der Waals surface area contributed by atoms with Crippen LogP contribution >= 0.6 is 0 Å². The number of ketones is 1. The second kappa shape index (κ2) is 4.79. The maximum absolute atomic E-state index is 11.8. The van der Waals surface area contributed by atoms with Gasteiger partial charge < -0.3 is 10.5 Å². The number of Topliss-reactive ketones (excluding diaryl/α,β-unsaturated/α-hetero) is 1. The van der Waals surface area contributed by atoms with Crippen LogP contribution in [0.3, 0.4) is 0 Å². The molecular formula is C12H15NO3. The largest absolute Gasteiger partial charge is 0.465 e. The fourth-order valence-corrected chi connectivity index (χ4v) is 1.38. The molecule has 86 valence electrons. The first-order valence-electron chi connectivity index (χ1n) is 5.00. The third-order valence-corrected chi connectivity index (χ3v) is 2.30. The molecule has 0 heterocycles.